The molecule has 0 saturated heterocycles. The first-order valence-electron chi connectivity index (χ1n) is 6.93. The van der Waals surface area contributed by atoms with Crippen molar-refractivity contribution in [2.45, 2.75) is 45.6 Å². The number of benzene rings is 1. The standard InChI is InChI=1S/C15H18ClNO4/c1-15(2)7-5-11(6-8-15)21-14(18)12-9-10(16)3-4-13(12)17(19)20/h3-4,9,11H,5-8H2,1-2H3. The highest BCUT2D eigenvalue weighted by molar-refractivity contribution is 6.31. The zero-order chi connectivity index (χ0) is 15.6. The molecule has 5 nitrogen and oxygen atoms in total. The van der Waals surface area contributed by atoms with Crippen molar-refractivity contribution in [3.63, 3.8) is 0 Å². The van der Waals surface area contributed by atoms with Crippen LogP contribution in [0, 0.1) is 15.5 Å². The van der Waals surface area contributed by atoms with Crippen molar-refractivity contribution >= 4 is 23.3 Å². The van der Waals surface area contributed by atoms with Crippen molar-refractivity contribution in [3.8, 4) is 0 Å². The van der Waals surface area contributed by atoms with E-state index < -0.39 is 10.9 Å². The Morgan fingerprint density at radius 2 is 2.00 bits per heavy atom. The van der Waals surface area contributed by atoms with Crippen molar-refractivity contribution in [1.82, 2.24) is 0 Å². The molecule has 0 bridgehead atoms. The summed E-state index contributed by atoms with van der Waals surface area (Å²) in [5.41, 5.74) is -0.0943. The zero-order valence-corrected chi connectivity index (χ0v) is 12.9. The zero-order valence-electron chi connectivity index (χ0n) is 12.1. The molecule has 0 amide bonds. The van der Waals surface area contributed by atoms with Gasteiger partial charge in [-0.15, -0.1) is 0 Å². The first-order valence-corrected chi connectivity index (χ1v) is 7.31. The fraction of sp³-hybridized carbons (Fsp3) is 0.533. The monoisotopic (exact) mass is 311 g/mol. The number of hydrogen-bond acceptors (Lipinski definition) is 4. The van der Waals surface area contributed by atoms with Crippen molar-refractivity contribution in [3.05, 3.63) is 38.9 Å². The van der Waals surface area contributed by atoms with Crippen LogP contribution in [0.1, 0.15) is 49.9 Å². The van der Waals surface area contributed by atoms with Gasteiger partial charge in [-0.3, -0.25) is 10.1 Å². The van der Waals surface area contributed by atoms with Gasteiger partial charge in [-0.2, -0.15) is 0 Å². The summed E-state index contributed by atoms with van der Waals surface area (Å²) in [6, 6.07) is 3.90. The van der Waals surface area contributed by atoms with Gasteiger partial charge < -0.3 is 4.74 Å². The fourth-order valence-corrected chi connectivity index (χ4v) is 2.71. The smallest absolute Gasteiger partial charge is 0.345 e. The molecule has 1 aromatic carbocycles. The van der Waals surface area contributed by atoms with Crippen LogP contribution in [-0.2, 0) is 4.74 Å². The lowest BCUT2D eigenvalue weighted by Gasteiger charge is -2.33. The van der Waals surface area contributed by atoms with Gasteiger partial charge in [0.2, 0.25) is 0 Å². The summed E-state index contributed by atoms with van der Waals surface area (Å²) < 4.78 is 5.41. The van der Waals surface area contributed by atoms with E-state index in [0.717, 1.165) is 25.7 Å². The van der Waals surface area contributed by atoms with Gasteiger partial charge in [0.05, 0.1) is 4.92 Å². The number of esters is 1. The number of nitro benzene ring substituents is 1. The van der Waals surface area contributed by atoms with E-state index in [1.54, 1.807) is 0 Å². The lowest BCUT2D eigenvalue weighted by molar-refractivity contribution is -0.385. The molecule has 1 aliphatic rings. The number of nitrogens with zero attached hydrogens (tertiary/aromatic N) is 1. The third-order valence-electron chi connectivity index (χ3n) is 3.94. The molecule has 1 fully saturated rings. The molecular weight excluding hydrogens is 294 g/mol. The minimum absolute atomic E-state index is 0.0858. The van der Waals surface area contributed by atoms with E-state index in [-0.39, 0.29) is 27.8 Å². The summed E-state index contributed by atoms with van der Waals surface area (Å²) in [5.74, 6) is -0.672. The second-order valence-corrected chi connectivity index (χ2v) is 6.62. The van der Waals surface area contributed by atoms with Gasteiger partial charge in [0.15, 0.2) is 0 Å². The molecule has 0 unspecified atom stereocenters. The molecule has 0 spiro atoms. The van der Waals surface area contributed by atoms with Crippen LogP contribution in [0.4, 0.5) is 5.69 Å². The predicted octanol–water partition coefficient (Wildman–Crippen LogP) is 4.37. The predicted molar refractivity (Wildman–Crippen MR) is 79.6 cm³/mol. The molecule has 2 rings (SSSR count). The summed E-state index contributed by atoms with van der Waals surface area (Å²) in [7, 11) is 0. The maximum atomic E-state index is 12.2. The molecule has 114 valence electrons. The van der Waals surface area contributed by atoms with E-state index in [2.05, 4.69) is 13.8 Å². The van der Waals surface area contributed by atoms with Gasteiger partial charge in [-0.25, -0.2) is 4.79 Å². The van der Waals surface area contributed by atoms with Crippen molar-refractivity contribution in [1.29, 1.82) is 0 Å². The second-order valence-electron chi connectivity index (χ2n) is 6.19. The van der Waals surface area contributed by atoms with Gasteiger partial charge in [0.1, 0.15) is 11.7 Å². The normalized spacial score (nSPS) is 18.2. The van der Waals surface area contributed by atoms with Crippen LogP contribution < -0.4 is 0 Å². The average molecular weight is 312 g/mol. The lowest BCUT2D eigenvalue weighted by atomic mass is 9.76. The summed E-state index contributed by atoms with van der Waals surface area (Å²) in [5, 5.41) is 11.2. The number of carbonyl (C=O) groups excluding carboxylic acids is 1. The van der Waals surface area contributed by atoms with Crippen LogP contribution in [0.25, 0.3) is 0 Å². The molecule has 1 aromatic rings. The number of hydrogen-bond donors (Lipinski definition) is 0. The maximum absolute atomic E-state index is 12.2. The third-order valence-corrected chi connectivity index (χ3v) is 4.17. The third kappa shape index (κ3) is 3.94. The Kier molecular flexibility index (Phi) is 4.52. The van der Waals surface area contributed by atoms with Gasteiger partial charge >= 0.3 is 5.97 Å². The summed E-state index contributed by atoms with van der Waals surface area (Å²) in [6.45, 7) is 4.37. The molecule has 21 heavy (non-hydrogen) atoms. The minimum atomic E-state index is -0.672. The molecule has 0 radical (unpaired) electrons. The number of rotatable bonds is 3. The molecule has 1 aliphatic carbocycles. The van der Waals surface area contributed by atoms with Crippen LogP contribution >= 0.6 is 11.6 Å². The average Bonchev–Trinajstić information content (AvgIpc) is 2.40. The van der Waals surface area contributed by atoms with Gasteiger partial charge in [-0.05, 0) is 43.2 Å². The first kappa shape index (κ1) is 15.8. The fourth-order valence-electron chi connectivity index (χ4n) is 2.54. The molecular formula is C15H18ClNO4. The summed E-state index contributed by atoms with van der Waals surface area (Å²) in [6.07, 6.45) is 3.34. The Bertz CT molecular complexity index is 561. The second kappa shape index (κ2) is 6.02. The van der Waals surface area contributed by atoms with Crippen LogP contribution in [0.5, 0.6) is 0 Å². The van der Waals surface area contributed by atoms with E-state index in [1.165, 1.54) is 18.2 Å². The lowest BCUT2D eigenvalue weighted by Crippen LogP contribution is -2.28. The Morgan fingerprint density at radius 3 is 2.57 bits per heavy atom. The maximum Gasteiger partial charge on any atom is 0.345 e. The van der Waals surface area contributed by atoms with Crippen LogP contribution in [0.2, 0.25) is 5.02 Å². The Hall–Kier alpha value is -1.62. The van der Waals surface area contributed by atoms with Crippen LogP contribution in [-0.4, -0.2) is 17.0 Å². The number of carbonyl (C=O) groups is 1. The van der Waals surface area contributed by atoms with Gasteiger partial charge in [-0.1, -0.05) is 25.4 Å². The van der Waals surface area contributed by atoms with Crippen molar-refractivity contribution < 1.29 is 14.5 Å². The highest BCUT2D eigenvalue weighted by atomic mass is 35.5. The molecule has 0 N–H and O–H groups in total. The quantitative estimate of drug-likeness (QED) is 0.472. The minimum Gasteiger partial charge on any atom is -0.459 e. The van der Waals surface area contributed by atoms with Gasteiger partial charge in [0, 0.05) is 11.1 Å². The number of ether oxygens (including phenoxy) is 1. The van der Waals surface area contributed by atoms with Crippen molar-refractivity contribution in [2.24, 2.45) is 5.41 Å². The highest BCUT2D eigenvalue weighted by Gasteiger charge is 2.30. The number of halogens is 1. The Labute approximate surface area is 128 Å². The topological polar surface area (TPSA) is 69.4 Å². The van der Waals surface area contributed by atoms with E-state index in [1.807, 2.05) is 0 Å². The Balaban J connectivity index is 2.11. The summed E-state index contributed by atoms with van der Waals surface area (Å²) >= 11 is 5.82. The molecule has 0 atom stereocenters. The van der Waals surface area contributed by atoms with E-state index in [4.69, 9.17) is 16.3 Å². The molecule has 0 aliphatic heterocycles. The SMILES string of the molecule is CC1(C)CCC(OC(=O)c2cc(Cl)ccc2[N+](=O)[O-])CC1. The van der Waals surface area contributed by atoms with E-state index >= 15 is 0 Å². The highest BCUT2D eigenvalue weighted by Crippen LogP contribution is 2.36. The first-order chi connectivity index (χ1) is 9.78. The van der Waals surface area contributed by atoms with Gasteiger partial charge in [0.25, 0.3) is 5.69 Å². The van der Waals surface area contributed by atoms with E-state index in [9.17, 15) is 14.9 Å². The van der Waals surface area contributed by atoms with Crippen LogP contribution in [0.3, 0.4) is 0 Å². The molecule has 0 heterocycles. The Morgan fingerprint density at radius 1 is 1.38 bits per heavy atom. The van der Waals surface area contributed by atoms with E-state index in [0.29, 0.717) is 0 Å². The van der Waals surface area contributed by atoms with Crippen molar-refractivity contribution in [2.75, 3.05) is 0 Å². The molecule has 0 aromatic heterocycles. The number of nitro groups is 1. The largest absolute Gasteiger partial charge is 0.459 e. The van der Waals surface area contributed by atoms with Crippen LogP contribution in [0.15, 0.2) is 18.2 Å². The molecule has 1 saturated carbocycles. The summed E-state index contributed by atoms with van der Waals surface area (Å²) in [4.78, 5) is 22.5. The molecule has 6 heteroatoms.